The smallest absolute Gasteiger partial charge is 0.295 e. The van der Waals surface area contributed by atoms with Crippen LogP contribution in [-0.4, -0.2) is 39.9 Å². The highest BCUT2D eigenvalue weighted by molar-refractivity contribution is 7.15. The molecule has 4 aromatic rings. The Kier molecular flexibility index (Phi) is 6.03. The van der Waals surface area contributed by atoms with Crippen molar-refractivity contribution in [2.75, 3.05) is 18.4 Å². The first-order valence-corrected chi connectivity index (χ1v) is 12.0. The third-order valence-electron chi connectivity index (χ3n) is 6.23. The first-order chi connectivity index (χ1) is 16.4. The van der Waals surface area contributed by atoms with Crippen molar-refractivity contribution in [1.29, 1.82) is 0 Å². The summed E-state index contributed by atoms with van der Waals surface area (Å²) >= 11 is 1.43. The second-order valence-electron chi connectivity index (χ2n) is 8.61. The van der Waals surface area contributed by atoms with Gasteiger partial charge in [-0.2, -0.15) is 4.98 Å². The van der Waals surface area contributed by atoms with Gasteiger partial charge in [0.2, 0.25) is 0 Å². The number of carbonyl (C=O) groups is 1. The van der Waals surface area contributed by atoms with Gasteiger partial charge in [0, 0.05) is 19.2 Å². The molecule has 0 radical (unpaired) electrons. The Hall–Kier alpha value is -3.33. The lowest BCUT2D eigenvalue weighted by Gasteiger charge is -2.39. The van der Waals surface area contributed by atoms with Gasteiger partial charge in [-0.25, -0.2) is 13.8 Å². The van der Waals surface area contributed by atoms with Crippen LogP contribution in [0, 0.1) is 24.5 Å². The van der Waals surface area contributed by atoms with E-state index in [0.717, 1.165) is 28.3 Å². The quantitative estimate of drug-likeness (QED) is 0.384. The second-order valence-corrected chi connectivity index (χ2v) is 9.82. The number of aryl methyl sites for hydroxylation is 1. The van der Waals surface area contributed by atoms with E-state index >= 15 is 0 Å². The summed E-state index contributed by atoms with van der Waals surface area (Å²) in [5.74, 6) is -0.595. The topological polar surface area (TPSA) is 71.3 Å². The zero-order valence-corrected chi connectivity index (χ0v) is 19.7. The summed E-state index contributed by atoms with van der Waals surface area (Å²) in [6, 6.07) is 10.5. The Morgan fingerprint density at radius 1 is 1.18 bits per heavy atom. The van der Waals surface area contributed by atoms with Crippen LogP contribution in [0.4, 0.5) is 14.8 Å². The minimum Gasteiger partial charge on any atom is -0.423 e. The molecule has 0 spiro atoms. The highest BCUT2D eigenvalue weighted by Gasteiger charge is 2.34. The van der Waals surface area contributed by atoms with Crippen LogP contribution in [0.25, 0.3) is 21.5 Å². The van der Waals surface area contributed by atoms with Gasteiger partial charge in [0.25, 0.3) is 11.9 Å². The molecule has 1 saturated heterocycles. The first kappa shape index (κ1) is 22.5. The average molecular weight is 483 g/mol. The molecule has 1 amide bonds. The van der Waals surface area contributed by atoms with Crippen molar-refractivity contribution in [3.63, 3.8) is 0 Å². The molecule has 9 heteroatoms. The summed E-state index contributed by atoms with van der Waals surface area (Å²) in [7, 11) is 0. The van der Waals surface area contributed by atoms with Crippen LogP contribution in [-0.2, 0) is 0 Å². The molecular weight excluding hydrogens is 458 g/mol. The van der Waals surface area contributed by atoms with Gasteiger partial charge in [0.1, 0.15) is 22.8 Å². The summed E-state index contributed by atoms with van der Waals surface area (Å²) in [5, 5.41) is 3.97. The monoisotopic (exact) mass is 482 g/mol. The second kappa shape index (κ2) is 9.13. The van der Waals surface area contributed by atoms with E-state index in [9.17, 15) is 13.6 Å². The number of anilines is 1. The number of nitrogens with one attached hydrogen (secondary N) is 1. The minimum atomic E-state index is -0.386. The van der Waals surface area contributed by atoms with E-state index in [1.54, 1.807) is 18.2 Å². The van der Waals surface area contributed by atoms with E-state index in [0.29, 0.717) is 35.9 Å². The van der Waals surface area contributed by atoms with Crippen molar-refractivity contribution in [2.45, 2.75) is 32.7 Å². The van der Waals surface area contributed by atoms with E-state index in [1.807, 2.05) is 11.8 Å². The number of benzene rings is 2. The van der Waals surface area contributed by atoms with Crippen LogP contribution in [0.15, 0.2) is 46.9 Å². The zero-order chi connectivity index (χ0) is 23.8. The number of carbonyl (C=O) groups excluding carboxylic acids is 1. The fraction of sp³-hybridized carbons (Fsp3) is 0.320. The van der Waals surface area contributed by atoms with Gasteiger partial charge in [-0.15, -0.1) is 11.3 Å². The maximum absolute atomic E-state index is 13.7. The van der Waals surface area contributed by atoms with Crippen LogP contribution in [0.3, 0.4) is 0 Å². The number of likely N-dealkylation sites (tertiary alicyclic amines) is 1. The molecule has 0 saturated carbocycles. The Bertz CT molecular complexity index is 1330. The maximum atomic E-state index is 13.7. The van der Waals surface area contributed by atoms with Gasteiger partial charge in [-0.1, -0.05) is 19.1 Å². The van der Waals surface area contributed by atoms with Crippen molar-refractivity contribution >= 4 is 34.4 Å². The molecule has 176 valence electrons. The number of nitrogens with zero attached hydrogens (tertiary/aromatic N) is 3. The normalized spacial score (nSPS) is 18.4. The van der Waals surface area contributed by atoms with Gasteiger partial charge in [-0.3, -0.25) is 4.79 Å². The summed E-state index contributed by atoms with van der Waals surface area (Å²) in [4.78, 5) is 25.2. The lowest BCUT2D eigenvalue weighted by molar-refractivity contribution is 0.0534. The molecule has 3 heterocycles. The molecule has 2 aromatic carbocycles. The van der Waals surface area contributed by atoms with Gasteiger partial charge in [0.05, 0.1) is 15.9 Å². The number of piperidine rings is 1. The number of fused-ring (bicyclic) bond motifs is 1. The molecule has 0 unspecified atom stereocenters. The molecule has 1 N–H and O–H groups in total. The highest BCUT2D eigenvalue weighted by Crippen LogP contribution is 2.33. The van der Waals surface area contributed by atoms with Crippen LogP contribution >= 0.6 is 11.3 Å². The number of hydrogen-bond acceptors (Lipinski definition) is 6. The number of rotatable bonds is 5. The van der Waals surface area contributed by atoms with E-state index in [1.165, 1.54) is 35.6 Å². The number of amides is 1. The molecule has 0 aliphatic carbocycles. The Labute approximate surface area is 199 Å². The molecule has 2 atom stereocenters. The summed E-state index contributed by atoms with van der Waals surface area (Å²) in [5.41, 5.74) is 2.10. The largest absolute Gasteiger partial charge is 0.423 e. The van der Waals surface area contributed by atoms with Gasteiger partial charge < -0.3 is 14.6 Å². The van der Waals surface area contributed by atoms with Crippen LogP contribution in [0.1, 0.15) is 35.3 Å². The van der Waals surface area contributed by atoms with Crippen molar-refractivity contribution < 1.29 is 18.0 Å². The minimum absolute atomic E-state index is 0.101. The van der Waals surface area contributed by atoms with Crippen LogP contribution < -0.4 is 5.32 Å². The van der Waals surface area contributed by atoms with Crippen LogP contribution in [0.2, 0.25) is 0 Å². The third-order valence-corrected chi connectivity index (χ3v) is 7.25. The fourth-order valence-electron chi connectivity index (χ4n) is 4.48. The molecule has 2 aromatic heterocycles. The maximum Gasteiger partial charge on any atom is 0.295 e. The Morgan fingerprint density at radius 3 is 2.74 bits per heavy atom. The van der Waals surface area contributed by atoms with E-state index in [2.05, 4.69) is 22.2 Å². The fourth-order valence-corrected chi connectivity index (χ4v) is 5.40. The summed E-state index contributed by atoms with van der Waals surface area (Å²) < 4.78 is 32.6. The summed E-state index contributed by atoms with van der Waals surface area (Å²) in [6.45, 7) is 5.05. The summed E-state index contributed by atoms with van der Waals surface area (Å²) in [6.07, 6.45) is 1.90. The molecular formula is C25H24F2N4O2S. The van der Waals surface area contributed by atoms with Crippen molar-refractivity contribution in [3.8, 4) is 10.4 Å². The molecule has 5 rings (SSSR count). The first-order valence-electron chi connectivity index (χ1n) is 11.2. The van der Waals surface area contributed by atoms with Crippen molar-refractivity contribution in [3.05, 3.63) is 64.8 Å². The van der Waals surface area contributed by atoms with Crippen LogP contribution in [0.5, 0.6) is 0 Å². The van der Waals surface area contributed by atoms with Gasteiger partial charge in [0.15, 0.2) is 5.58 Å². The molecule has 34 heavy (non-hydrogen) atoms. The molecule has 1 aliphatic rings. The Balaban J connectivity index is 1.39. The number of oxazole rings is 1. The number of aromatic nitrogens is 2. The van der Waals surface area contributed by atoms with Crippen molar-refractivity contribution in [1.82, 2.24) is 14.9 Å². The predicted octanol–water partition coefficient (Wildman–Crippen LogP) is 5.89. The molecule has 6 nitrogen and oxygen atoms in total. The number of thiazole rings is 1. The lowest BCUT2D eigenvalue weighted by atomic mass is 9.90. The molecule has 0 bridgehead atoms. The molecule has 1 fully saturated rings. The van der Waals surface area contributed by atoms with E-state index in [-0.39, 0.29) is 29.5 Å². The van der Waals surface area contributed by atoms with Gasteiger partial charge >= 0.3 is 0 Å². The SMILES string of the molecule is Cc1nc(C(=O)N2CCC[C@@H](C)[C@H]2CNc2nc3ccc(F)cc3o2)c(-c2ccc(F)cc2)s1. The highest BCUT2D eigenvalue weighted by atomic mass is 32.1. The lowest BCUT2D eigenvalue weighted by Crippen LogP contribution is -2.51. The Morgan fingerprint density at radius 2 is 1.94 bits per heavy atom. The standard InChI is InChI=1S/C25H24F2N4O2S/c1-14-4-3-11-31(20(14)13-28-25-30-19-10-9-18(27)12-21(19)33-25)24(32)22-23(34-15(2)29-22)16-5-7-17(26)8-6-16/h5-10,12,14,20H,3-4,11,13H2,1-2H3,(H,28,30)/t14-,20-/m1/s1. The van der Waals surface area contributed by atoms with Crippen molar-refractivity contribution in [2.24, 2.45) is 5.92 Å². The van der Waals surface area contributed by atoms with E-state index in [4.69, 9.17) is 4.42 Å². The van der Waals surface area contributed by atoms with Gasteiger partial charge in [-0.05, 0) is 55.5 Å². The molecule has 1 aliphatic heterocycles. The van der Waals surface area contributed by atoms with E-state index < -0.39 is 0 Å². The third kappa shape index (κ3) is 4.40. The predicted molar refractivity (Wildman–Crippen MR) is 128 cm³/mol. The average Bonchev–Trinajstić information content (AvgIpc) is 3.40. The number of halogens is 2. The zero-order valence-electron chi connectivity index (χ0n) is 18.8. The number of hydrogen-bond donors (Lipinski definition) is 1.